The summed E-state index contributed by atoms with van der Waals surface area (Å²) >= 11 is 10.7. The number of fused-ring (bicyclic) bond motifs is 8. The van der Waals surface area contributed by atoms with E-state index in [9.17, 15) is 9.90 Å². The van der Waals surface area contributed by atoms with E-state index in [1.165, 1.54) is 34.6 Å². The Hall–Kier alpha value is -3.08. The van der Waals surface area contributed by atoms with Crippen molar-refractivity contribution in [3.8, 4) is 16.9 Å². The molecule has 2 aromatic heterocycles. The van der Waals surface area contributed by atoms with E-state index in [0.717, 1.165) is 75.5 Å². The summed E-state index contributed by atoms with van der Waals surface area (Å²) in [6, 6.07) is 8.81. The summed E-state index contributed by atoms with van der Waals surface area (Å²) in [4.78, 5) is 14.0. The van der Waals surface area contributed by atoms with Gasteiger partial charge in [0.25, 0.3) is 0 Å². The van der Waals surface area contributed by atoms with E-state index in [1.807, 2.05) is 58.9 Å². The van der Waals surface area contributed by atoms with Crippen LogP contribution >= 0.6 is 35.1 Å². The largest absolute Gasteiger partial charge is 0.493 e. The molecule has 0 radical (unpaired) electrons. The fourth-order valence-corrected chi connectivity index (χ4v) is 9.64. The monoisotopic (exact) mass is 677 g/mol. The minimum absolute atomic E-state index is 0.298. The summed E-state index contributed by atoms with van der Waals surface area (Å²) in [6.07, 6.45) is 6.15. The molecule has 2 aromatic carbocycles. The predicted octanol–water partition coefficient (Wildman–Crippen LogP) is 7.76. The van der Waals surface area contributed by atoms with Crippen molar-refractivity contribution in [2.45, 2.75) is 75.6 Å². The van der Waals surface area contributed by atoms with Crippen molar-refractivity contribution < 1.29 is 14.6 Å². The third-order valence-corrected chi connectivity index (χ3v) is 12.2. The minimum Gasteiger partial charge on any atom is -0.493 e. The Kier molecular flexibility index (Phi) is 8.80. The van der Waals surface area contributed by atoms with Crippen LogP contribution in [-0.2, 0) is 32.2 Å². The highest BCUT2D eigenvalue weighted by Gasteiger charge is 2.28. The molecule has 46 heavy (non-hydrogen) atoms. The molecule has 0 fully saturated rings. The summed E-state index contributed by atoms with van der Waals surface area (Å²) in [5.41, 5.74) is 9.63. The van der Waals surface area contributed by atoms with Crippen molar-refractivity contribution in [1.82, 2.24) is 19.4 Å². The van der Waals surface area contributed by atoms with E-state index in [4.69, 9.17) is 26.5 Å². The Morgan fingerprint density at radius 2 is 1.91 bits per heavy atom. The number of halogens is 1. The second kappa shape index (κ2) is 12.8. The van der Waals surface area contributed by atoms with Gasteiger partial charge in [-0.1, -0.05) is 11.6 Å². The molecule has 4 aromatic rings. The molecule has 2 aliphatic heterocycles. The molecule has 0 saturated carbocycles. The van der Waals surface area contributed by atoms with E-state index in [1.54, 1.807) is 0 Å². The van der Waals surface area contributed by atoms with Crippen LogP contribution in [0.15, 0.2) is 34.3 Å². The number of carboxylic acid groups (broad SMARTS) is 1. The van der Waals surface area contributed by atoms with Crippen molar-refractivity contribution in [3.63, 3.8) is 0 Å². The molecule has 7 rings (SSSR count). The SMILES string of the molecule is Cc1c(C(=O)O)n2c3ccc(Cl)c(c13)-c1c(nn(C)c1C)CSCC1=NN(C)C(CSc3cc4c(c(c3)OCCC2)CCCC4)C1. The van der Waals surface area contributed by atoms with Gasteiger partial charge < -0.3 is 14.4 Å². The Morgan fingerprint density at radius 1 is 1.09 bits per heavy atom. The summed E-state index contributed by atoms with van der Waals surface area (Å²) in [5, 5.41) is 23.9. The van der Waals surface area contributed by atoms with Crippen LogP contribution in [-0.4, -0.2) is 67.3 Å². The molecular weight excluding hydrogens is 638 g/mol. The summed E-state index contributed by atoms with van der Waals surface area (Å²) in [7, 11) is 4.04. The van der Waals surface area contributed by atoms with Crippen LogP contribution in [0.3, 0.4) is 0 Å². The van der Waals surface area contributed by atoms with Gasteiger partial charge in [0, 0.05) is 82.0 Å². The summed E-state index contributed by atoms with van der Waals surface area (Å²) in [5.74, 6) is 2.54. The molecule has 8 nitrogen and oxygen atoms in total. The Labute approximate surface area is 283 Å². The van der Waals surface area contributed by atoms with Crippen LogP contribution < -0.4 is 4.74 Å². The fraction of sp³-hybridized carbons (Fsp3) is 0.457. The molecule has 4 heterocycles. The van der Waals surface area contributed by atoms with Gasteiger partial charge in [-0.2, -0.15) is 10.2 Å². The smallest absolute Gasteiger partial charge is 0.352 e. The van der Waals surface area contributed by atoms with Crippen LogP contribution in [0.1, 0.15) is 64.2 Å². The van der Waals surface area contributed by atoms with Crippen molar-refractivity contribution in [1.29, 1.82) is 0 Å². The highest BCUT2D eigenvalue weighted by Crippen LogP contribution is 2.43. The number of carboxylic acids is 1. The number of hydrogen-bond donors (Lipinski definition) is 1. The lowest BCUT2D eigenvalue weighted by Crippen LogP contribution is -2.25. The lowest BCUT2D eigenvalue weighted by atomic mass is 9.91. The zero-order chi connectivity index (χ0) is 32.1. The number of hydrogen-bond acceptors (Lipinski definition) is 7. The lowest BCUT2D eigenvalue weighted by molar-refractivity contribution is 0.0684. The molecule has 8 bridgehead atoms. The van der Waals surface area contributed by atoms with Crippen molar-refractivity contribution in [2.24, 2.45) is 12.1 Å². The topological polar surface area (TPSA) is 84.9 Å². The maximum Gasteiger partial charge on any atom is 0.352 e. The predicted molar refractivity (Wildman–Crippen MR) is 189 cm³/mol. The lowest BCUT2D eigenvalue weighted by Gasteiger charge is -2.22. The average molecular weight is 678 g/mol. The van der Waals surface area contributed by atoms with Crippen LogP contribution in [0.25, 0.3) is 22.0 Å². The molecule has 242 valence electrons. The maximum absolute atomic E-state index is 12.7. The number of ether oxygens (including phenoxy) is 1. The Morgan fingerprint density at radius 3 is 2.74 bits per heavy atom. The standard InChI is InChI=1S/C35H40ClN5O3S2/c1-20-31-29-11-10-27(36)33(31)32-21(2)39(3)38-28(32)19-45-17-23-15-24(40(4)37-23)18-46-25-14-22-8-5-6-9-26(22)30(16-25)44-13-7-12-41(29)34(20)35(42)43/h10-11,14,16,24H,5-9,12-13,15,17-19H2,1-4H3,(H,42,43). The van der Waals surface area contributed by atoms with Gasteiger partial charge in [-0.3, -0.25) is 9.69 Å². The van der Waals surface area contributed by atoms with Crippen molar-refractivity contribution >= 4 is 57.7 Å². The Balaban J connectivity index is 1.32. The number of aromatic nitrogens is 3. The van der Waals surface area contributed by atoms with Crippen molar-refractivity contribution in [3.05, 3.63) is 63.1 Å². The van der Waals surface area contributed by atoms with E-state index in [-0.39, 0.29) is 0 Å². The molecule has 1 atom stereocenters. The highest BCUT2D eigenvalue weighted by molar-refractivity contribution is 7.99. The van der Waals surface area contributed by atoms with Gasteiger partial charge in [-0.25, -0.2) is 4.79 Å². The van der Waals surface area contributed by atoms with Gasteiger partial charge in [0.05, 0.1) is 24.1 Å². The fourth-order valence-electron chi connectivity index (χ4n) is 7.35. The first-order valence-corrected chi connectivity index (χ1v) is 18.6. The van der Waals surface area contributed by atoms with Gasteiger partial charge in [0.2, 0.25) is 0 Å². The molecule has 11 heteroatoms. The number of nitrogens with zero attached hydrogens (tertiary/aromatic N) is 5. The number of benzene rings is 2. The quantitative estimate of drug-likeness (QED) is 0.220. The van der Waals surface area contributed by atoms with Gasteiger partial charge >= 0.3 is 5.97 Å². The first-order chi connectivity index (χ1) is 22.2. The molecule has 0 spiro atoms. The zero-order valence-electron chi connectivity index (χ0n) is 26.9. The third kappa shape index (κ3) is 5.70. The maximum atomic E-state index is 12.7. The van der Waals surface area contributed by atoms with Gasteiger partial charge in [-0.15, -0.1) is 23.5 Å². The number of hydrazone groups is 1. The second-order valence-corrected chi connectivity index (χ2v) is 15.1. The van der Waals surface area contributed by atoms with Gasteiger partial charge in [0.1, 0.15) is 11.4 Å². The molecule has 3 aliphatic rings. The molecule has 0 saturated heterocycles. The molecule has 1 unspecified atom stereocenters. The van der Waals surface area contributed by atoms with E-state index >= 15 is 0 Å². The number of aromatic carboxylic acids is 1. The first-order valence-electron chi connectivity index (χ1n) is 16.1. The van der Waals surface area contributed by atoms with Crippen molar-refractivity contribution in [2.75, 3.05) is 25.2 Å². The summed E-state index contributed by atoms with van der Waals surface area (Å²) in [6.45, 7) is 4.98. The number of rotatable bonds is 1. The van der Waals surface area contributed by atoms with E-state index < -0.39 is 5.97 Å². The first kappa shape index (κ1) is 31.5. The second-order valence-electron chi connectivity index (χ2n) is 12.6. The van der Waals surface area contributed by atoms with E-state index in [0.29, 0.717) is 42.1 Å². The highest BCUT2D eigenvalue weighted by atomic mass is 35.5. The normalized spacial score (nSPS) is 18.9. The van der Waals surface area contributed by atoms with Gasteiger partial charge in [0.15, 0.2) is 0 Å². The third-order valence-electron chi connectivity index (χ3n) is 9.71. The average Bonchev–Trinajstić information content (AvgIpc) is 3.63. The van der Waals surface area contributed by atoms with Crippen LogP contribution in [0.4, 0.5) is 0 Å². The minimum atomic E-state index is -0.941. The summed E-state index contributed by atoms with van der Waals surface area (Å²) < 4.78 is 10.4. The molecule has 1 aliphatic carbocycles. The van der Waals surface area contributed by atoms with Crippen LogP contribution in [0.5, 0.6) is 5.75 Å². The van der Waals surface area contributed by atoms with Gasteiger partial charge in [-0.05, 0) is 86.9 Å². The van der Waals surface area contributed by atoms with Crippen LogP contribution in [0.2, 0.25) is 5.02 Å². The molecule has 1 N–H and O–H groups in total. The molecular formula is C35H40ClN5O3S2. The van der Waals surface area contributed by atoms with Crippen LogP contribution in [0, 0.1) is 13.8 Å². The van der Waals surface area contributed by atoms with E-state index in [2.05, 4.69) is 31.1 Å². The zero-order valence-corrected chi connectivity index (χ0v) is 29.2. The molecule has 0 amide bonds. The number of thioether (sulfide) groups is 2. The Bertz CT molecular complexity index is 1880. The number of carbonyl (C=O) groups is 1. The number of aryl methyl sites for hydroxylation is 4.